The van der Waals surface area contributed by atoms with Crippen LogP contribution in [-0.4, -0.2) is 63.5 Å². The lowest BCUT2D eigenvalue weighted by Gasteiger charge is -2.46. The van der Waals surface area contributed by atoms with Crippen LogP contribution in [0.5, 0.6) is 5.75 Å². The van der Waals surface area contributed by atoms with Gasteiger partial charge >= 0.3 is 0 Å². The molecule has 2 amide bonds. The van der Waals surface area contributed by atoms with Crippen molar-refractivity contribution >= 4 is 40.5 Å². The number of phenolic OH excluding ortho intramolecular Hbond substituents is 1. The molecule has 1 unspecified atom stereocenters. The number of nitrogens with one attached hydrogen (secondary N) is 1. The summed E-state index contributed by atoms with van der Waals surface area (Å²) in [6.07, 6.45) is -0.788. The Hall–Kier alpha value is -4.71. The van der Waals surface area contributed by atoms with Crippen LogP contribution in [0.15, 0.2) is 47.2 Å². The van der Waals surface area contributed by atoms with Gasteiger partial charge in [-0.1, -0.05) is 12.1 Å². The molecule has 0 aromatic heterocycles. The van der Waals surface area contributed by atoms with Crippen molar-refractivity contribution in [3.8, 4) is 5.75 Å². The highest BCUT2D eigenvalue weighted by molar-refractivity contribution is 6.22. The summed E-state index contributed by atoms with van der Waals surface area (Å²) in [7, 11) is 3.45. The van der Waals surface area contributed by atoms with E-state index in [0.29, 0.717) is 5.69 Å². The van der Waals surface area contributed by atoms with E-state index < -0.39 is 87.0 Å². The van der Waals surface area contributed by atoms with Crippen LogP contribution < -0.4 is 16.0 Å². The van der Waals surface area contributed by atoms with Gasteiger partial charge in [-0.25, -0.2) is 4.39 Å². The van der Waals surface area contributed by atoms with E-state index in [1.165, 1.54) is 6.07 Å². The van der Waals surface area contributed by atoms with E-state index in [-0.39, 0.29) is 29.7 Å². The number of aliphatic hydroxyl groups is 3. The Labute approximate surface area is 227 Å². The number of hydrogen-bond acceptors (Lipinski definition) is 9. The lowest BCUT2D eigenvalue weighted by molar-refractivity contribution is -0.147. The van der Waals surface area contributed by atoms with Gasteiger partial charge in [-0.15, -0.1) is 0 Å². The molecule has 3 aliphatic carbocycles. The first kappa shape index (κ1) is 26.9. The average Bonchev–Trinajstić information content (AvgIpc) is 2.88. The van der Waals surface area contributed by atoms with Crippen LogP contribution in [0, 0.1) is 17.7 Å². The maximum absolute atomic E-state index is 15.4. The Morgan fingerprint density at radius 2 is 1.80 bits per heavy atom. The van der Waals surface area contributed by atoms with Crippen molar-refractivity contribution in [1.82, 2.24) is 0 Å². The van der Waals surface area contributed by atoms with E-state index in [1.54, 1.807) is 37.2 Å². The number of aromatic hydroxyl groups is 1. The highest BCUT2D eigenvalue weighted by atomic mass is 19.1. The molecule has 5 rings (SSSR count). The van der Waals surface area contributed by atoms with E-state index >= 15 is 4.39 Å². The molecule has 12 heteroatoms. The summed E-state index contributed by atoms with van der Waals surface area (Å²) in [5.74, 6) is -9.72. The molecular formula is C28H26FN3O8. The number of primary amides is 1. The number of halogens is 1. The second kappa shape index (κ2) is 9.19. The summed E-state index contributed by atoms with van der Waals surface area (Å²) >= 11 is 0. The number of carbonyl (C=O) groups excluding carboxylic acids is 4. The normalized spacial score (nSPS) is 23.8. The first-order valence-corrected chi connectivity index (χ1v) is 12.4. The molecule has 3 atom stereocenters. The van der Waals surface area contributed by atoms with E-state index in [1.807, 2.05) is 0 Å². The molecule has 3 aliphatic rings. The number of carbonyl (C=O) groups is 4. The molecule has 0 heterocycles. The van der Waals surface area contributed by atoms with Gasteiger partial charge in [0, 0.05) is 49.3 Å². The second-order valence-corrected chi connectivity index (χ2v) is 10.4. The first-order valence-electron chi connectivity index (χ1n) is 12.4. The zero-order valence-electron chi connectivity index (χ0n) is 21.5. The molecule has 208 valence electrons. The lowest BCUT2D eigenvalue weighted by atomic mass is 9.59. The third kappa shape index (κ3) is 3.74. The van der Waals surface area contributed by atoms with Crippen LogP contribution in [0.4, 0.5) is 15.8 Å². The minimum Gasteiger partial charge on any atom is -0.508 e. The van der Waals surface area contributed by atoms with Gasteiger partial charge in [0.15, 0.2) is 17.1 Å². The summed E-state index contributed by atoms with van der Waals surface area (Å²) in [6, 6.07) is 7.49. The van der Waals surface area contributed by atoms with Crippen LogP contribution >= 0.6 is 0 Å². The second-order valence-electron chi connectivity index (χ2n) is 10.4. The molecule has 7 N–H and O–H groups in total. The Morgan fingerprint density at radius 3 is 2.45 bits per heavy atom. The van der Waals surface area contributed by atoms with Crippen molar-refractivity contribution in [3.63, 3.8) is 0 Å². The summed E-state index contributed by atoms with van der Waals surface area (Å²) in [5.41, 5.74) is 0.956. The Balaban J connectivity index is 1.60. The van der Waals surface area contributed by atoms with Gasteiger partial charge in [0.05, 0.1) is 16.8 Å². The summed E-state index contributed by atoms with van der Waals surface area (Å²) in [4.78, 5) is 52.5. The third-order valence-corrected chi connectivity index (χ3v) is 7.89. The van der Waals surface area contributed by atoms with E-state index in [2.05, 4.69) is 5.32 Å². The summed E-state index contributed by atoms with van der Waals surface area (Å²) < 4.78 is 15.4. The number of amides is 2. The molecule has 1 saturated carbocycles. The number of ketones is 2. The summed E-state index contributed by atoms with van der Waals surface area (Å²) in [6.45, 7) is 0. The Morgan fingerprint density at radius 1 is 1.12 bits per heavy atom. The van der Waals surface area contributed by atoms with Crippen molar-refractivity contribution in [2.45, 2.75) is 24.9 Å². The van der Waals surface area contributed by atoms with Crippen LogP contribution in [0.1, 0.15) is 34.3 Å². The molecule has 11 nitrogen and oxygen atoms in total. The zero-order chi connectivity index (χ0) is 29.3. The predicted molar refractivity (Wildman–Crippen MR) is 140 cm³/mol. The monoisotopic (exact) mass is 551 g/mol. The highest BCUT2D eigenvalue weighted by Gasteiger charge is 2.60. The fourth-order valence-electron chi connectivity index (χ4n) is 5.98. The van der Waals surface area contributed by atoms with E-state index in [4.69, 9.17) is 5.73 Å². The SMILES string of the molecule is CN(C)c1ccccc1C(=O)Nc1cc(F)c2c(c1O)C(O)=C1C(=O)[C@]3(O)C(O)=C(C(N)=O)C(=O)C[C@@H]3CC1C2. The van der Waals surface area contributed by atoms with Crippen molar-refractivity contribution in [3.05, 3.63) is 69.7 Å². The van der Waals surface area contributed by atoms with Gasteiger partial charge in [-0.2, -0.15) is 0 Å². The van der Waals surface area contributed by atoms with E-state index in [9.17, 15) is 39.6 Å². The van der Waals surface area contributed by atoms with Gasteiger partial charge in [-0.3, -0.25) is 19.2 Å². The topological polar surface area (TPSA) is 190 Å². The average molecular weight is 552 g/mol. The van der Waals surface area contributed by atoms with Crippen LogP contribution in [0.2, 0.25) is 0 Å². The Kier molecular flexibility index (Phi) is 6.18. The molecule has 0 bridgehead atoms. The van der Waals surface area contributed by atoms with Crippen molar-refractivity contribution in [2.24, 2.45) is 17.6 Å². The molecular weight excluding hydrogens is 525 g/mol. The van der Waals surface area contributed by atoms with Crippen molar-refractivity contribution in [1.29, 1.82) is 0 Å². The summed E-state index contributed by atoms with van der Waals surface area (Å²) in [5, 5.41) is 46.6. The van der Waals surface area contributed by atoms with Crippen LogP contribution in [0.3, 0.4) is 0 Å². The number of para-hydroxylation sites is 1. The van der Waals surface area contributed by atoms with Gasteiger partial charge in [-0.05, 0) is 30.9 Å². The maximum atomic E-state index is 15.4. The number of Topliss-reactive ketones (excluding diaryl/α,β-unsaturated/α-hetero) is 2. The number of nitrogens with two attached hydrogens (primary N) is 1. The minimum atomic E-state index is -2.73. The number of benzene rings is 2. The molecule has 2 aromatic carbocycles. The van der Waals surface area contributed by atoms with Crippen molar-refractivity contribution in [2.75, 3.05) is 24.3 Å². The molecule has 0 radical (unpaired) electrons. The van der Waals surface area contributed by atoms with Gasteiger partial charge < -0.3 is 36.4 Å². The smallest absolute Gasteiger partial charge is 0.257 e. The van der Waals surface area contributed by atoms with Gasteiger partial charge in [0.1, 0.15) is 22.9 Å². The molecule has 0 saturated heterocycles. The molecule has 2 aromatic rings. The van der Waals surface area contributed by atoms with Gasteiger partial charge in [0.2, 0.25) is 5.78 Å². The van der Waals surface area contributed by atoms with Crippen molar-refractivity contribution < 1.29 is 44.0 Å². The quantitative estimate of drug-likeness (QED) is 0.243. The number of anilines is 2. The number of fused-ring (bicyclic) bond motifs is 3. The lowest BCUT2D eigenvalue weighted by Crippen LogP contribution is -2.58. The third-order valence-electron chi connectivity index (χ3n) is 7.89. The molecule has 0 spiro atoms. The minimum absolute atomic E-state index is 0.122. The van der Waals surface area contributed by atoms with Gasteiger partial charge in [0.25, 0.3) is 11.8 Å². The fraction of sp³-hybridized carbons (Fsp3) is 0.286. The number of aliphatic hydroxyl groups excluding tert-OH is 2. The van der Waals surface area contributed by atoms with Crippen LogP contribution in [0.25, 0.3) is 5.76 Å². The molecule has 0 aliphatic heterocycles. The zero-order valence-corrected chi connectivity index (χ0v) is 21.5. The predicted octanol–water partition coefficient (Wildman–Crippen LogP) is 1.88. The fourth-order valence-corrected chi connectivity index (χ4v) is 5.98. The maximum Gasteiger partial charge on any atom is 0.257 e. The molecule has 40 heavy (non-hydrogen) atoms. The standard InChI is InChI=1S/C28H26FN3O8/c1-32(2)17-6-4-3-5-13(17)27(39)31-16-10-15(29)14-8-11-7-12-9-18(33)21(26(30)38)25(37)28(12,40)24(36)19(11)23(35)20(14)22(16)34/h3-6,10-12,34-35,37,40H,7-9H2,1-2H3,(H2,30,38)(H,31,39)/t11?,12-,28-/m0/s1. The van der Waals surface area contributed by atoms with Crippen LogP contribution in [-0.2, 0) is 20.8 Å². The largest absolute Gasteiger partial charge is 0.508 e. The number of hydrogen-bond donors (Lipinski definition) is 6. The molecule has 1 fully saturated rings. The first-order chi connectivity index (χ1) is 18.8. The number of phenols is 1. The number of rotatable bonds is 4. The highest BCUT2D eigenvalue weighted by Crippen LogP contribution is 2.53. The van der Waals surface area contributed by atoms with E-state index in [0.717, 1.165) is 6.07 Å². The number of nitrogens with zero attached hydrogens (tertiary/aromatic N) is 1. The Bertz CT molecular complexity index is 1590.